The van der Waals surface area contributed by atoms with Crippen LogP contribution >= 0.6 is 0 Å². The predicted molar refractivity (Wildman–Crippen MR) is 122 cm³/mol. The average Bonchev–Trinajstić information content (AvgIpc) is 2.86. The number of aliphatic hydroxyl groups is 1. The lowest BCUT2D eigenvalue weighted by molar-refractivity contribution is -0.135. The molecule has 0 aliphatic carbocycles. The minimum atomic E-state index is -0.597. The monoisotopic (exact) mass is 435 g/mol. The van der Waals surface area contributed by atoms with Gasteiger partial charge in [-0.3, -0.25) is 9.59 Å². The van der Waals surface area contributed by atoms with Crippen molar-refractivity contribution in [1.82, 2.24) is 10.2 Å². The van der Waals surface area contributed by atoms with Crippen LogP contribution in [0.3, 0.4) is 0 Å². The molecule has 1 saturated heterocycles. The van der Waals surface area contributed by atoms with Crippen molar-refractivity contribution in [2.75, 3.05) is 37.7 Å². The highest BCUT2D eigenvalue weighted by molar-refractivity contribution is 5.94. The first-order valence-electron chi connectivity index (χ1n) is 11.0. The van der Waals surface area contributed by atoms with Gasteiger partial charge in [0, 0.05) is 37.4 Å². The van der Waals surface area contributed by atoms with E-state index in [1.165, 1.54) is 5.69 Å². The van der Waals surface area contributed by atoms with E-state index in [2.05, 4.69) is 22.3 Å². The number of carbonyl (C=O) groups excluding carboxylic acids is 2. The Morgan fingerprint density at radius 1 is 0.938 bits per heavy atom. The van der Waals surface area contributed by atoms with Gasteiger partial charge in [0.1, 0.15) is 6.10 Å². The molecule has 2 heterocycles. The molecule has 1 fully saturated rings. The summed E-state index contributed by atoms with van der Waals surface area (Å²) in [7, 11) is 0. The van der Waals surface area contributed by atoms with E-state index in [-0.39, 0.29) is 24.8 Å². The standard InChI is InChI=1S/C25H29N3O4/c29-18-23-22(26-25(31)19-7-3-1-4-8-19)12-11-21(32-23)17-24(30)28-15-13-27(14-16-28)20-9-5-2-6-10-20/h1-12,21-23,29H,13-18H2,(H,26,31)/t21-,22-,23+/m0/s1. The molecule has 7 nitrogen and oxygen atoms in total. The minimum absolute atomic E-state index is 0.0378. The van der Waals surface area contributed by atoms with Crippen LogP contribution in [0, 0.1) is 0 Å². The Balaban J connectivity index is 1.29. The number of amides is 2. The van der Waals surface area contributed by atoms with E-state index in [1.807, 2.05) is 35.2 Å². The Hall–Kier alpha value is -3.16. The number of benzene rings is 2. The van der Waals surface area contributed by atoms with Crippen LogP contribution in [-0.4, -0.2) is 72.9 Å². The SMILES string of the molecule is O=C(N[C@H]1C=C[C@@H](CC(=O)N2CCN(c3ccccc3)CC2)O[C@@H]1CO)c1ccccc1. The highest BCUT2D eigenvalue weighted by atomic mass is 16.5. The Morgan fingerprint density at radius 3 is 2.25 bits per heavy atom. The van der Waals surface area contributed by atoms with Crippen LogP contribution in [0.15, 0.2) is 72.8 Å². The summed E-state index contributed by atoms with van der Waals surface area (Å²) < 4.78 is 5.93. The van der Waals surface area contributed by atoms with Crippen molar-refractivity contribution in [1.29, 1.82) is 0 Å². The van der Waals surface area contributed by atoms with Gasteiger partial charge >= 0.3 is 0 Å². The van der Waals surface area contributed by atoms with E-state index in [1.54, 1.807) is 30.3 Å². The lowest BCUT2D eigenvalue weighted by Gasteiger charge is -2.37. The summed E-state index contributed by atoms with van der Waals surface area (Å²) in [5.74, 6) is -0.191. The highest BCUT2D eigenvalue weighted by Crippen LogP contribution is 2.19. The van der Waals surface area contributed by atoms with Crippen molar-refractivity contribution in [2.24, 2.45) is 0 Å². The minimum Gasteiger partial charge on any atom is -0.394 e. The third-order valence-corrected chi connectivity index (χ3v) is 5.93. The normalized spacial score (nSPS) is 23.1. The zero-order valence-electron chi connectivity index (χ0n) is 18.0. The predicted octanol–water partition coefficient (Wildman–Crippen LogP) is 1.84. The zero-order valence-corrected chi connectivity index (χ0v) is 18.0. The van der Waals surface area contributed by atoms with Gasteiger partial charge in [0.2, 0.25) is 5.91 Å². The number of carbonyl (C=O) groups is 2. The van der Waals surface area contributed by atoms with E-state index in [9.17, 15) is 14.7 Å². The second-order valence-corrected chi connectivity index (χ2v) is 8.05. The number of ether oxygens (including phenoxy) is 1. The number of nitrogens with one attached hydrogen (secondary N) is 1. The van der Waals surface area contributed by atoms with Crippen molar-refractivity contribution in [2.45, 2.75) is 24.7 Å². The molecule has 0 saturated carbocycles. The number of aliphatic hydroxyl groups excluding tert-OH is 1. The summed E-state index contributed by atoms with van der Waals surface area (Å²) in [4.78, 5) is 29.4. The fraction of sp³-hybridized carbons (Fsp3) is 0.360. The highest BCUT2D eigenvalue weighted by Gasteiger charge is 2.31. The summed E-state index contributed by atoms with van der Waals surface area (Å²) in [6.45, 7) is 2.69. The van der Waals surface area contributed by atoms with E-state index in [0.29, 0.717) is 18.7 Å². The van der Waals surface area contributed by atoms with Crippen LogP contribution in [0.5, 0.6) is 0 Å². The zero-order chi connectivity index (χ0) is 22.3. The fourth-order valence-electron chi connectivity index (χ4n) is 4.11. The number of nitrogens with zero attached hydrogens (tertiary/aromatic N) is 2. The maximum Gasteiger partial charge on any atom is 0.251 e. The number of anilines is 1. The van der Waals surface area contributed by atoms with Crippen molar-refractivity contribution in [3.05, 3.63) is 78.4 Å². The smallest absolute Gasteiger partial charge is 0.251 e. The van der Waals surface area contributed by atoms with Crippen LogP contribution in [0.25, 0.3) is 0 Å². The molecule has 2 amide bonds. The summed E-state index contributed by atoms with van der Waals surface area (Å²) >= 11 is 0. The van der Waals surface area contributed by atoms with Gasteiger partial charge in [-0.2, -0.15) is 0 Å². The molecule has 0 spiro atoms. The van der Waals surface area contributed by atoms with Crippen molar-refractivity contribution < 1.29 is 19.4 Å². The van der Waals surface area contributed by atoms with E-state index in [4.69, 9.17) is 4.74 Å². The Kier molecular flexibility index (Phi) is 7.19. The topological polar surface area (TPSA) is 82.1 Å². The number of hydrogen-bond donors (Lipinski definition) is 2. The first-order chi connectivity index (χ1) is 15.6. The third-order valence-electron chi connectivity index (χ3n) is 5.93. The van der Waals surface area contributed by atoms with Crippen LogP contribution in [0.4, 0.5) is 5.69 Å². The van der Waals surface area contributed by atoms with Gasteiger partial charge in [-0.1, -0.05) is 48.6 Å². The lowest BCUT2D eigenvalue weighted by Crippen LogP contribution is -2.51. The number of piperazine rings is 1. The molecule has 2 aromatic rings. The Bertz CT molecular complexity index is 927. The maximum atomic E-state index is 12.8. The molecule has 2 N–H and O–H groups in total. The number of para-hydroxylation sites is 1. The average molecular weight is 436 g/mol. The summed E-state index contributed by atoms with van der Waals surface area (Å²) in [6, 6.07) is 18.7. The molecule has 2 aliphatic heterocycles. The van der Waals surface area contributed by atoms with Gasteiger partial charge in [-0.05, 0) is 24.3 Å². The third kappa shape index (κ3) is 5.36. The molecule has 0 bridgehead atoms. The molecule has 3 atom stereocenters. The van der Waals surface area contributed by atoms with Gasteiger partial charge in [0.15, 0.2) is 0 Å². The molecule has 32 heavy (non-hydrogen) atoms. The van der Waals surface area contributed by atoms with Crippen LogP contribution in [0.2, 0.25) is 0 Å². The second kappa shape index (κ2) is 10.4. The first-order valence-corrected chi connectivity index (χ1v) is 11.0. The van der Waals surface area contributed by atoms with Gasteiger partial charge < -0.3 is 25.0 Å². The number of hydrogen-bond acceptors (Lipinski definition) is 5. The van der Waals surface area contributed by atoms with Crippen molar-refractivity contribution in [3.63, 3.8) is 0 Å². The van der Waals surface area contributed by atoms with Crippen molar-refractivity contribution in [3.8, 4) is 0 Å². The Morgan fingerprint density at radius 2 is 1.59 bits per heavy atom. The summed E-state index contributed by atoms with van der Waals surface area (Å²) in [6.07, 6.45) is 2.83. The summed E-state index contributed by atoms with van der Waals surface area (Å²) in [5.41, 5.74) is 1.72. The second-order valence-electron chi connectivity index (χ2n) is 8.05. The van der Waals surface area contributed by atoms with Gasteiger partial charge in [0.25, 0.3) is 5.91 Å². The molecular formula is C25H29N3O4. The molecule has 0 unspecified atom stereocenters. The molecule has 2 aromatic carbocycles. The van der Waals surface area contributed by atoms with Gasteiger partial charge in [-0.15, -0.1) is 0 Å². The molecule has 0 radical (unpaired) electrons. The van der Waals surface area contributed by atoms with Crippen molar-refractivity contribution >= 4 is 17.5 Å². The largest absolute Gasteiger partial charge is 0.394 e. The number of rotatable bonds is 6. The quantitative estimate of drug-likeness (QED) is 0.677. The van der Waals surface area contributed by atoms with E-state index in [0.717, 1.165) is 13.1 Å². The van der Waals surface area contributed by atoms with Crippen LogP contribution in [0.1, 0.15) is 16.8 Å². The Labute approximate surface area is 188 Å². The lowest BCUT2D eigenvalue weighted by atomic mass is 10.0. The molecule has 0 aromatic heterocycles. The molecule has 7 heteroatoms. The molecule has 168 valence electrons. The maximum absolute atomic E-state index is 12.8. The fourth-order valence-corrected chi connectivity index (χ4v) is 4.11. The van der Waals surface area contributed by atoms with Gasteiger partial charge in [-0.25, -0.2) is 0 Å². The first kappa shape index (κ1) is 22.0. The van der Waals surface area contributed by atoms with Crippen LogP contribution < -0.4 is 10.2 Å². The molecular weight excluding hydrogens is 406 g/mol. The van der Waals surface area contributed by atoms with Gasteiger partial charge in [0.05, 0.1) is 25.2 Å². The van der Waals surface area contributed by atoms with E-state index < -0.39 is 18.2 Å². The molecule has 2 aliphatic rings. The summed E-state index contributed by atoms with van der Waals surface area (Å²) in [5, 5.41) is 12.7. The van der Waals surface area contributed by atoms with Crippen LogP contribution in [-0.2, 0) is 9.53 Å². The van der Waals surface area contributed by atoms with E-state index >= 15 is 0 Å². The molecule has 4 rings (SSSR count).